The van der Waals surface area contributed by atoms with Gasteiger partial charge < -0.3 is 10.2 Å². The number of fused-ring (bicyclic) bond motifs is 1. The minimum absolute atomic E-state index is 0.0164. The molecule has 16 nitrogen and oxygen atoms in total. The van der Waals surface area contributed by atoms with Gasteiger partial charge in [-0.2, -0.15) is 9.73 Å². The lowest BCUT2D eigenvalue weighted by atomic mass is 10.1. The monoisotopic (exact) mass is 544 g/mol. The second-order valence-corrected chi connectivity index (χ2v) is 8.92. The van der Waals surface area contributed by atoms with Gasteiger partial charge in [0.1, 0.15) is 17.0 Å². The molecule has 0 fully saturated rings. The highest BCUT2D eigenvalue weighted by Gasteiger charge is 2.31. The molecule has 2 aromatic carbocycles. The van der Waals surface area contributed by atoms with Crippen LogP contribution in [0.5, 0.6) is 0 Å². The highest BCUT2D eigenvalue weighted by atomic mass is 32.2. The number of anilines is 1. The highest BCUT2D eigenvalue weighted by Crippen LogP contribution is 2.26. The van der Waals surface area contributed by atoms with E-state index in [2.05, 4.69) is 51.7 Å². The van der Waals surface area contributed by atoms with Gasteiger partial charge in [-0.15, -0.1) is 15.0 Å². The molecular formula is C22H18N13O3S+. The molecule has 0 aliphatic rings. The number of oxazole rings is 1. The minimum atomic E-state index is -0.558. The first-order chi connectivity index (χ1) is 19.1. The van der Waals surface area contributed by atoms with Crippen molar-refractivity contribution < 1.29 is 18.5 Å². The van der Waals surface area contributed by atoms with E-state index in [1.807, 2.05) is 48.5 Å². The predicted octanol–water partition coefficient (Wildman–Crippen LogP) is 1.21. The largest absolute Gasteiger partial charge is 0.431 e. The first-order valence-corrected chi connectivity index (χ1v) is 12.3. The average Bonchev–Trinajstić information content (AvgIpc) is 3.76. The molecule has 6 aromatic rings. The third-order valence-corrected chi connectivity index (χ3v) is 6.40. The Bertz CT molecular complexity index is 1750. The summed E-state index contributed by atoms with van der Waals surface area (Å²) >= 11 is 1.26. The van der Waals surface area contributed by atoms with Gasteiger partial charge in [0.05, 0.1) is 17.2 Å². The lowest BCUT2D eigenvalue weighted by molar-refractivity contribution is -0.669. The fourth-order valence-corrected chi connectivity index (χ4v) is 4.43. The summed E-state index contributed by atoms with van der Waals surface area (Å²) in [7, 11) is 0. The first kappa shape index (κ1) is 23.9. The second kappa shape index (κ2) is 10.1. The molecule has 0 aliphatic carbocycles. The number of tetrazole rings is 1. The van der Waals surface area contributed by atoms with Gasteiger partial charge in [0, 0.05) is 0 Å². The number of benzene rings is 2. The third-order valence-electron chi connectivity index (χ3n) is 5.56. The number of H-pyrrole nitrogens is 1. The number of nitrogens with one attached hydrogen (secondary N) is 2. The number of aromatic nitrogens is 10. The van der Waals surface area contributed by atoms with Crippen molar-refractivity contribution in [2.24, 2.45) is 5.10 Å². The van der Waals surface area contributed by atoms with Gasteiger partial charge in [-0.3, -0.25) is 4.79 Å². The standard InChI is InChI=1S/C22H17N13O3S/c1-12(13-6-8-14(9-7-13)34-11-24-31-33-34)26-28-21(36)18-16(35(32-27-18)20-19(23)29-38-30-20)10-39-22-25-15-4-2-3-5-17(15)37-22/h2-9,11H,10H2,1H3,(H3,23,28,29,36)/p+1/b26-12-. The normalized spacial score (nSPS) is 11.8. The summed E-state index contributed by atoms with van der Waals surface area (Å²) in [5.41, 5.74) is 12.4. The van der Waals surface area contributed by atoms with Gasteiger partial charge in [-0.05, 0) is 57.4 Å². The van der Waals surface area contributed by atoms with Crippen LogP contribution in [0, 0.1) is 0 Å². The number of hydrogen-bond donors (Lipinski definition) is 3. The van der Waals surface area contributed by atoms with Crippen molar-refractivity contribution in [3.63, 3.8) is 0 Å². The number of aromatic amines is 1. The Labute approximate surface area is 222 Å². The fraction of sp³-hybridized carbons (Fsp3) is 0.0909. The number of para-hydroxylation sites is 2. The Kier molecular flexibility index (Phi) is 6.21. The predicted molar refractivity (Wildman–Crippen MR) is 135 cm³/mol. The topological polar surface area (TPSA) is 209 Å². The van der Waals surface area contributed by atoms with Crippen LogP contribution in [0.1, 0.15) is 28.7 Å². The quantitative estimate of drug-likeness (QED) is 0.107. The van der Waals surface area contributed by atoms with E-state index in [0.717, 1.165) is 16.8 Å². The molecule has 17 heteroatoms. The smallest absolute Gasteiger partial charge is 0.377 e. The number of carbonyl (C=O) groups is 1. The van der Waals surface area contributed by atoms with Gasteiger partial charge >= 0.3 is 11.7 Å². The summed E-state index contributed by atoms with van der Waals surface area (Å²) in [5, 5.41) is 30.1. The van der Waals surface area contributed by atoms with Crippen molar-refractivity contribution in [3.8, 4) is 11.5 Å². The lowest BCUT2D eigenvalue weighted by Crippen LogP contribution is -2.38. The SMILES string of the molecule is C/C(=N/NC(=O)c1n[nH][n+](-c2nonc2N)c1CSc1nc2ccccc2o1)c1ccc(-n2cnnn2)cc1. The number of nitrogens with two attached hydrogens (primary N) is 1. The molecule has 0 spiro atoms. The molecule has 0 saturated carbocycles. The molecule has 0 atom stereocenters. The van der Waals surface area contributed by atoms with E-state index in [1.54, 1.807) is 6.92 Å². The van der Waals surface area contributed by atoms with Crippen molar-refractivity contribution in [2.75, 3.05) is 5.73 Å². The summed E-state index contributed by atoms with van der Waals surface area (Å²) in [6.07, 6.45) is 1.50. The molecule has 0 unspecified atom stereocenters. The molecule has 0 bridgehead atoms. The third kappa shape index (κ3) is 4.80. The second-order valence-electron chi connectivity index (χ2n) is 7.99. The van der Waals surface area contributed by atoms with Gasteiger partial charge in [-0.25, -0.2) is 15.1 Å². The van der Waals surface area contributed by atoms with Gasteiger partial charge in [0.2, 0.25) is 0 Å². The molecule has 0 radical (unpaired) electrons. The summed E-state index contributed by atoms with van der Waals surface area (Å²) in [5.74, 6) is -0.169. The maximum Gasteiger partial charge on any atom is 0.377 e. The molecular weight excluding hydrogens is 526 g/mol. The van der Waals surface area contributed by atoms with Crippen LogP contribution in [0.4, 0.5) is 5.82 Å². The maximum atomic E-state index is 13.2. The van der Waals surface area contributed by atoms with Crippen molar-refractivity contribution in [3.05, 3.63) is 71.8 Å². The number of hydrazone groups is 1. The number of nitrogens with zero attached hydrogens (tertiary/aromatic N) is 10. The molecule has 4 N–H and O–H groups in total. The van der Waals surface area contributed by atoms with E-state index in [9.17, 15) is 4.79 Å². The Morgan fingerprint density at radius 1 is 1.21 bits per heavy atom. The Hall–Kier alpha value is -5.45. The number of hydrogen-bond acceptors (Lipinski definition) is 13. The van der Waals surface area contributed by atoms with E-state index < -0.39 is 5.91 Å². The molecule has 4 aromatic heterocycles. The number of nitrogen functional groups attached to an aromatic ring is 1. The molecule has 4 heterocycles. The number of thioether (sulfide) groups is 1. The molecule has 0 aliphatic heterocycles. The van der Waals surface area contributed by atoms with Crippen molar-refractivity contribution in [1.82, 2.24) is 51.2 Å². The van der Waals surface area contributed by atoms with Crippen LogP contribution in [0.15, 0.2) is 74.2 Å². The van der Waals surface area contributed by atoms with Crippen LogP contribution >= 0.6 is 11.8 Å². The van der Waals surface area contributed by atoms with Gasteiger partial charge in [-0.1, -0.05) is 36.0 Å². The van der Waals surface area contributed by atoms with Crippen molar-refractivity contribution in [2.45, 2.75) is 17.9 Å². The van der Waals surface area contributed by atoms with E-state index >= 15 is 0 Å². The zero-order chi connectivity index (χ0) is 26.8. The first-order valence-electron chi connectivity index (χ1n) is 11.3. The van der Waals surface area contributed by atoms with E-state index in [1.165, 1.54) is 27.5 Å². The van der Waals surface area contributed by atoms with Crippen LogP contribution in [0.2, 0.25) is 0 Å². The summed E-state index contributed by atoms with van der Waals surface area (Å²) in [4.78, 5) is 17.6. The number of rotatable bonds is 8. The van der Waals surface area contributed by atoms with Gasteiger partial charge in [0.25, 0.3) is 16.7 Å². The maximum absolute atomic E-state index is 13.2. The molecule has 39 heavy (non-hydrogen) atoms. The van der Waals surface area contributed by atoms with Crippen LogP contribution in [0.25, 0.3) is 22.6 Å². The Morgan fingerprint density at radius 3 is 2.79 bits per heavy atom. The molecule has 0 saturated heterocycles. The zero-order valence-corrected chi connectivity index (χ0v) is 20.9. The van der Waals surface area contributed by atoms with Crippen LogP contribution in [-0.4, -0.2) is 57.4 Å². The van der Waals surface area contributed by atoms with Crippen LogP contribution in [0.3, 0.4) is 0 Å². The average molecular weight is 545 g/mol. The Morgan fingerprint density at radius 2 is 2.05 bits per heavy atom. The highest BCUT2D eigenvalue weighted by molar-refractivity contribution is 7.98. The fourth-order valence-electron chi connectivity index (χ4n) is 3.60. The molecule has 194 valence electrons. The molecule has 6 rings (SSSR count). The lowest BCUT2D eigenvalue weighted by Gasteiger charge is -2.04. The summed E-state index contributed by atoms with van der Waals surface area (Å²) in [6.45, 7) is 1.77. The van der Waals surface area contributed by atoms with Crippen molar-refractivity contribution in [1.29, 1.82) is 0 Å². The molecule has 1 amide bonds. The van der Waals surface area contributed by atoms with Crippen LogP contribution < -0.4 is 15.8 Å². The van der Waals surface area contributed by atoms with Crippen LogP contribution in [-0.2, 0) is 5.75 Å². The Balaban J connectivity index is 1.23. The minimum Gasteiger partial charge on any atom is -0.431 e. The summed E-state index contributed by atoms with van der Waals surface area (Å²) in [6, 6.07) is 14.8. The van der Waals surface area contributed by atoms with Gasteiger partial charge in [0.15, 0.2) is 11.3 Å². The summed E-state index contributed by atoms with van der Waals surface area (Å²) < 4.78 is 13.4. The van der Waals surface area contributed by atoms with E-state index in [4.69, 9.17) is 14.8 Å². The zero-order valence-electron chi connectivity index (χ0n) is 20.1. The number of amides is 1. The number of carbonyl (C=O) groups excluding carboxylic acids is 1. The van der Waals surface area contributed by atoms with Crippen molar-refractivity contribution >= 4 is 40.3 Å². The van der Waals surface area contributed by atoms with E-state index in [0.29, 0.717) is 22.2 Å². The van der Waals surface area contributed by atoms with E-state index in [-0.39, 0.29) is 23.1 Å².